The van der Waals surface area contributed by atoms with Gasteiger partial charge in [0.05, 0.1) is 25.0 Å². The monoisotopic (exact) mass is 374 g/mol. The van der Waals surface area contributed by atoms with Crippen LogP contribution >= 0.6 is 0 Å². The minimum atomic E-state index is -0.400. The molecule has 1 saturated heterocycles. The highest BCUT2D eigenvalue weighted by molar-refractivity contribution is 6.02. The fourth-order valence-corrected chi connectivity index (χ4v) is 3.23. The van der Waals surface area contributed by atoms with Gasteiger partial charge < -0.3 is 10.6 Å². The Morgan fingerprint density at radius 3 is 2.75 bits per heavy atom. The van der Waals surface area contributed by atoms with Gasteiger partial charge in [-0.15, -0.1) is 0 Å². The fraction of sp³-hybridized carbons (Fsp3) is 0.143. The van der Waals surface area contributed by atoms with E-state index < -0.39 is 6.03 Å². The van der Waals surface area contributed by atoms with Crippen LogP contribution in [0.15, 0.2) is 60.8 Å². The van der Waals surface area contributed by atoms with E-state index in [-0.39, 0.29) is 31.3 Å². The van der Waals surface area contributed by atoms with Crippen molar-refractivity contribution >= 4 is 34.4 Å². The number of hydrogen-bond donors (Lipinski definition) is 2. The van der Waals surface area contributed by atoms with Crippen LogP contribution in [0.1, 0.15) is 11.1 Å². The van der Waals surface area contributed by atoms with Crippen LogP contribution in [-0.2, 0) is 22.6 Å². The molecule has 140 valence electrons. The Hall–Kier alpha value is -3.74. The van der Waals surface area contributed by atoms with Crippen molar-refractivity contribution < 1.29 is 14.4 Å². The van der Waals surface area contributed by atoms with Gasteiger partial charge in [-0.05, 0) is 29.3 Å². The summed E-state index contributed by atoms with van der Waals surface area (Å²) in [5.41, 5.74) is 3.04. The predicted octanol–water partition coefficient (Wildman–Crippen LogP) is 2.47. The van der Waals surface area contributed by atoms with Crippen molar-refractivity contribution in [1.29, 1.82) is 0 Å². The molecule has 4 rings (SSSR count). The number of nitrogens with zero attached hydrogens (tertiary/aromatic N) is 2. The molecule has 0 unspecified atom stereocenters. The quantitative estimate of drug-likeness (QED) is 0.671. The Morgan fingerprint density at radius 1 is 1.11 bits per heavy atom. The number of hydrogen-bond acceptors (Lipinski definition) is 4. The number of imide groups is 1. The maximum absolute atomic E-state index is 12.5. The molecule has 2 N–H and O–H groups in total. The summed E-state index contributed by atoms with van der Waals surface area (Å²) in [4.78, 5) is 41.5. The van der Waals surface area contributed by atoms with Gasteiger partial charge in [0.25, 0.3) is 0 Å². The molecule has 1 fully saturated rings. The van der Waals surface area contributed by atoms with Crippen LogP contribution in [0.25, 0.3) is 10.9 Å². The molecule has 7 heteroatoms. The second-order valence-corrected chi connectivity index (χ2v) is 6.56. The summed E-state index contributed by atoms with van der Waals surface area (Å²) in [6, 6.07) is 16.3. The van der Waals surface area contributed by atoms with Gasteiger partial charge >= 0.3 is 6.03 Å². The summed E-state index contributed by atoms with van der Waals surface area (Å²) >= 11 is 0. The summed E-state index contributed by atoms with van der Waals surface area (Å²) in [7, 11) is 0. The van der Waals surface area contributed by atoms with E-state index in [1.807, 2.05) is 36.4 Å². The average molecular weight is 374 g/mol. The minimum absolute atomic E-state index is 0.0222. The fourth-order valence-electron chi connectivity index (χ4n) is 3.23. The van der Waals surface area contributed by atoms with Gasteiger partial charge in [0.2, 0.25) is 11.8 Å². The second kappa shape index (κ2) is 7.48. The number of carbonyl (C=O) groups is 3. The molecule has 0 aliphatic carbocycles. The molecular weight excluding hydrogens is 356 g/mol. The normalized spacial score (nSPS) is 13.6. The third kappa shape index (κ3) is 3.68. The molecule has 0 spiro atoms. The zero-order valence-electron chi connectivity index (χ0n) is 15.0. The number of amides is 4. The summed E-state index contributed by atoms with van der Waals surface area (Å²) in [6.07, 6.45) is 1.91. The van der Waals surface area contributed by atoms with Crippen LogP contribution < -0.4 is 10.6 Å². The largest absolute Gasteiger partial charge is 0.329 e. The smallest absolute Gasteiger partial charge is 0.324 e. The molecule has 0 radical (unpaired) electrons. The third-order valence-corrected chi connectivity index (χ3v) is 4.56. The lowest BCUT2D eigenvalue weighted by molar-refractivity contribution is -0.125. The van der Waals surface area contributed by atoms with Crippen molar-refractivity contribution in [2.24, 2.45) is 0 Å². The average Bonchev–Trinajstić information content (AvgIpc) is 3.00. The van der Waals surface area contributed by atoms with Gasteiger partial charge in [-0.2, -0.15) is 0 Å². The Kier molecular flexibility index (Phi) is 4.72. The lowest BCUT2D eigenvalue weighted by Gasteiger charge is -2.13. The van der Waals surface area contributed by atoms with Gasteiger partial charge in [0, 0.05) is 17.3 Å². The van der Waals surface area contributed by atoms with Gasteiger partial charge in [-0.1, -0.05) is 36.4 Å². The topological polar surface area (TPSA) is 91.4 Å². The first-order valence-electron chi connectivity index (χ1n) is 8.90. The summed E-state index contributed by atoms with van der Waals surface area (Å²) in [5, 5.41) is 6.35. The molecule has 1 aromatic heterocycles. The highest BCUT2D eigenvalue weighted by atomic mass is 16.2. The molecule has 0 saturated carbocycles. The van der Waals surface area contributed by atoms with Crippen molar-refractivity contribution in [3.63, 3.8) is 0 Å². The minimum Gasteiger partial charge on any atom is -0.329 e. The lowest BCUT2D eigenvalue weighted by atomic mass is 10.1. The Labute approximate surface area is 161 Å². The number of fused-ring (bicyclic) bond motifs is 1. The highest BCUT2D eigenvalue weighted by Crippen LogP contribution is 2.18. The maximum atomic E-state index is 12.5. The second-order valence-electron chi connectivity index (χ2n) is 6.56. The van der Waals surface area contributed by atoms with E-state index >= 15 is 0 Å². The first-order valence-corrected chi connectivity index (χ1v) is 8.90. The van der Waals surface area contributed by atoms with Crippen molar-refractivity contribution in [1.82, 2.24) is 15.2 Å². The van der Waals surface area contributed by atoms with E-state index in [1.165, 1.54) is 0 Å². The molecule has 1 aliphatic rings. The van der Waals surface area contributed by atoms with Crippen LogP contribution in [0.5, 0.6) is 0 Å². The van der Waals surface area contributed by atoms with Crippen LogP contribution in [0.2, 0.25) is 0 Å². The van der Waals surface area contributed by atoms with Gasteiger partial charge in [0.15, 0.2) is 0 Å². The van der Waals surface area contributed by atoms with Gasteiger partial charge in [-0.25, -0.2) is 4.79 Å². The van der Waals surface area contributed by atoms with E-state index in [4.69, 9.17) is 0 Å². The summed E-state index contributed by atoms with van der Waals surface area (Å²) in [5.74, 6) is -0.423. The highest BCUT2D eigenvalue weighted by Gasteiger charge is 2.28. The first-order chi connectivity index (χ1) is 13.6. The molecule has 28 heavy (non-hydrogen) atoms. The zero-order chi connectivity index (χ0) is 19.5. The van der Waals surface area contributed by atoms with Crippen molar-refractivity contribution in [3.8, 4) is 0 Å². The summed E-state index contributed by atoms with van der Waals surface area (Å²) in [6.45, 7) is 0.190. The number of carbonyl (C=O) groups excluding carboxylic acids is 3. The Morgan fingerprint density at radius 2 is 1.93 bits per heavy atom. The van der Waals surface area contributed by atoms with Crippen molar-refractivity contribution in [2.75, 3.05) is 11.9 Å². The zero-order valence-corrected chi connectivity index (χ0v) is 15.0. The van der Waals surface area contributed by atoms with E-state index in [0.717, 1.165) is 26.9 Å². The molecular formula is C21H18N4O3. The summed E-state index contributed by atoms with van der Waals surface area (Å²) < 4.78 is 0. The lowest BCUT2D eigenvalue weighted by Crippen LogP contribution is -2.30. The van der Waals surface area contributed by atoms with Crippen molar-refractivity contribution in [3.05, 3.63) is 71.9 Å². The molecule has 0 atom stereocenters. The van der Waals surface area contributed by atoms with Crippen LogP contribution in [0.4, 0.5) is 10.5 Å². The molecule has 4 amide bonds. The number of aromatic nitrogens is 1. The van der Waals surface area contributed by atoms with Crippen molar-refractivity contribution in [2.45, 2.75) is 13.0 Å². The third-order valence-electron chi connectivity index (χ3n) is 4.56. The molecule has 2 aromatic carbocycles. The molecule has 0 bridgehead atoms. The number of nitrogens with one attached hydrogen (secondary N) is 2. The predicted molar refractivity (Wildman–Crippen MR) is 104 cm³/mol. The number of rotatable bonds is 5. The number of benzene rings is 2. The first kappa shape index (κ1) is 17.7. The molecule has 2 heterocycles. The molecule has 7 nitrogen and oxygen atoms in total. The van der Waals surface area contributed by atoms with E-state index in [2.05, 4.69) is 15.6 Å². The number of para-hydroxylation sites is 1. The van der Waals surface area contributed by atoms with Crippen LogP contribution in [-0.4, -0.2) is 34.3 Å². The van der Waals surface area contributed by atoms with Crippen LogP contribution in [0, 0.1) is 0 Å². The van der Waals surface area contributed by atoms with E-state index in [0.29, 0.717) is 5.69 Å². The number of anilines is 1. The van der Waals surface area contributed by atoms with Gasteiger partial charge in [0.1, 0.15) is 0 Å². The van der Waals surface area contributed by atoms with E-state index in [1.54, 1.807) is 24.4 Å². The molecule has 1 aliphatic heterocycles. The Bertz CT molecular complexity index is 1060. The number of pyridine rings is 1. The van der Waals surface area contributed by atoms with E-state index in [9.17, 15) is 14.4 Å². The van der Waals surface area contributed by atoms with Crippen LogP contribution in [0.3, 0.4) is 0 Å². The Balaban J connectivity index is 1.46. The SMILES string of the molecule is O=C(Cc1cccc2cccnc12)Nc1cccc(CN2C(=O)CNC2=O)c1. The maximum Gasteiger partial charge on any atom is 0.324 e. The number of urea groups is 1. The standard InChI is InChI=1S/C21H18N4O3/c26-18(11-16-6-2-5-15-7-3-9-22-20(15)16)24-17-8-1-4-14(10-17)13-25-19(27)12-23-21(25)28/h1-10H,11-13H2,(H,23,28)(H,24,26). The van der Waals surface area contributed by atoms with Gasteiger partial charge in [-0.3, -0.25) is 19.5 Å². The molecule has 3 aromatic rings.